The van der Waals surface area contributed by atoms with Crippen molar-refractivity contribution in [2.24, 2.45) is 0 Å². The lowest BCUT2D eigenvalue weighted by Crippen LogP contribution is -2.38. The lowest BCUT2D eigenvalue weighted by Gasteiger charge is -2.13. The second kappa shape index (κ2) is 9.88. The summed E-state index contributed by atoms with van der Waals surface area (Å²) in [7, 11) is -3.62. The van der Waals surface area contributed by atoms with Crippen molar-refractivity contribution in [3.63, 3.8) is 0 Å². The summed E-state index contributed by atoms with van der Waals surface area (Å²) < 4.78 is 28.0. The molecular formula is C21H24N2O5S. The summed E-state index contributed by atoms with van der Waals surface area (Å²) in [5, 5.41) is 5.38. The van der Waals surface area contributed by atoms with E-state index < -0.39 is 21.9 Å². The van der Waals surface area contributed by atoms with Crippen molar-refractivity contribution in [1.29, 1.82) is 0 Å². The normalized spacial score (nSPS) is 11.8. The minimum absolute atomic E-state index is 0.0717. The van der Waals surface area contributed by atoms with E-state index in [4.69, 9.17) is 4.18 Å². The number of nitrogens with one attached hydrogen (secondary N) is 2. The van der Waals surface area contributed by atoms with Crippen LogP contribution in [0.5, 0.6) is 5.75 Å². The second-order valence-electron chi connectivity index (χ2n) is 6.51. The van der Waals surface area contributed by atoms with Crippen molar-refractivity contribution in [2.45, 2.75) is 26.8 Å². The Hall–Kier alpha value is -3.13. The first-order valence-electron chi connectivity index (χ1n) is 9.11. The lowest BCUT2D eigenvalue weighted by molar-refractivity contribution is -0.118. The van der Waals surface area contributed by atoms with Crippen LogP contribution in [0.2, 0.25) is 0 Å². The number of carbonyl (C=O) groups excluding carboxylic acids is 2. The standard InChI is InChI=1S/C21H24N2O5S/c1-4-29(26,27)28-18-12-10-16(11-13-18)14-19(21(25)22-15(2)3)23-20(24)17-8-6-5-7-9-17/h5-15H,4H2,1-3H3,(H,22,25)(H,23,24)/b19-14-. The first kappa shape index (κ1) is 22.2. The summed E-state index contributed by atoms with van der Waals surface area (Å²) in [6.07, 6.45) is 1.51. The van der Waals surface area contributed by atoms with Gasteiger partial charge in [-0.3, -0.25) is 9.59 Å². The van der Waals surface area contributed by atoms with Crippen LogP contribution in [0.25, 0.3) is 6.08 Å². The maximum absolute atomic E-state index is 12.5. The maximum Gasteiger partial charge on any atom is 0.308 e. The first-order chi connectivity index (χ1) is 13.7. The second-order valence-corrected chi connectivity index (χ2v) is 8.36. The Bertz CT molecular complexity index is 981. The Morgan fingerprint density at radius 1 is 1.03 bits per heavy atom. The SMILES string of the molecule is CCS(=O)(=O)Oc1ccc(/C=C(\NC(=O)c2ccccc2)C(=O)NC(C)C)cc1. The van der Waals surface area contributed by atoms with Crippen LogP contribution in [0.4, 0.5) is 0 Å². The average Bonchev–Trinajstić information content (AvgIpc) is 2.68. The molecular weight excluding hydrogens is 392 g/mol. The smallest absolute Gasteiger partial charge is 0.308 e. The number of rotatable bonds is 8. The van der Waals surface area contributed by atoms with Crippen LogP contribution in [0, 0.1) is 0 Å². The highest BCUT2D eigenvalue weighted by Gasteiger charge is 2.15. The van der Waals surface area contributed by atoms with Gasteiger partial charge in [0.2, 0.25) is 0 Å². The number of benzene rings is 2. The van der Waals surface area contributed by atoms with Crippen molar-refractivity contribution in [1.82, 2.24) is 10.6 Å². The third kappa shape index (κ3) is 7.08. The van der Waals surface area contributed by atoms with Crippen LogP contribution in [0.1, 0.15) is 36.7 Å². The highest BCUT2D eigenvalue weighted by Crippen LogP contribution is 2.16. The molecule has 0 aliphatic heterocycles. The van der Waals surface area contributed by atoms with Crippen LogP contribution < -0.4 is 14.8 Å². The van der Waals surface area contributed by atoms with E-state index in [0.29, 0.717) is 11.1 Å². The molecule has 0 radical (unpaired) electrons. The molecule has 8 heteroatoms. The molecule has 0 spiro atoms. The highest BCUT2D eigenvalue weighted by atomic mass is 32.2. The van der Waals surface area contributed by atoms with Gasteiger partial charge in [0.05, 0.1) is 5.75 Å². The molecule has 2 amide bonds. The summed E-state index contributed by atoms with van der Waals surface area (Å²) in [5.41, 5.74) is 1.08. The Morgan fingerprint density at radius 2 is 1.66 bits per heavy atom. The predicted octanol–water partition coefficient (Wildman–Crippen LogP) is 2.71. The summed E-state index contributed by atoms with van der Waals surface area (Å²) >= 11 is 0. The molecule has 0 atom stereocenters. The monoisotopic (exact) mass is 416 g/mol. The van der Waals surface area contributed by atoms with Gasteiger partial charge >= 0.3 is 10.1 Å². The minimum Gasteiger partial charge on any atom is -0.382 e. The zero-order valence-electron chi connectivity index (χ0n) is 16.5. The number of amides is 2. The summed E-state index contributed by atoms with van der Waals surface area (Å²) in [4.78, 5) is 25.0. The fourth-order valence-electron chi connectivity index (χ4n) is 2.27. The van der Waals surface area contributed by atoms with E-state index in [9.17, 15) is 18.0 Å². The van der Waals surface area contributed by atoms with Crippen LogP contribution in [-0.4, -0.2) is 32.0 Å². The van der Waals surface area contributed by atoms with Gasteiger partial charge < -0.3 is 14.8 Å². The number of hydrogen-bond donors (Lipinski definition) is 2. The molecule has 0 fully saturated rings. The molecule has 0 saturated heterocycles. The van der Waals surface area contributed by atoms with Gasteiger partial charge in [-0.1, -0.05) is 30.3 Å². The largest absolute Gasteiger partial charge is 0.382 e. The minimum atomic E-state index is -3.62. The Kier molecular flexibility index (Phi) is 7.55. The van der Waals surface area contributed by atoms with Gasteiger partial charge in [-0.2, -0.15) is 8.42 Å². The van der Waals surface area contributed by atoms with E-state index in [0.717, 1.165) is 0 Å². The molecule has 29 heavy (non-hydrogen) atoms. The zero-order valence-corrected chi connectivity index (χ0v) is 17.3. The van der Waals surface area contributed by atoms with Gasteiger partial charge in [0, 0.05) is 11.6 Å². The molecule has 2 rings (SSSR count). The van der Waals surface area contributed by atoms with E-state index in [1.165, 1.54) is 25.1 Å². The molecule has 2 aromatic rings. The first-order valence-corrected chi connectivity index (χ1v) is 10.7. The molecule has 7 nitrogen and oxygen atoms in total. The van der Waals surface area contributed by atoms with Gasteiger partial charge in [0.1, 0.15) is 11.4 Å². The van der Waals surface area contributed by atoms with Crippen LogP contribution >= 0.6 is 0 Å². The number of hydrogen-bond acceptors (Lipinski definition) is 5. The van der Waals surface area contributed by atoms with Gasteiger partial charge in [0.15, 0.2) is 0 Å². The van der Waals surface area contributed by atoms with Crippen molar-refractivity contribution >= 4 is 28.0 Å². The third-order valence-electron chi connectivity index (χ3n) is 3.72. The van der Waals surface area contributed by atoms with Crippen molar-refractivity contribution in [3.8, 4) is 5.75 Å². The van der Waals surface area contributed by atoms with E-state index in [1.54, 1.807) is 42.5 Å². The summed E-state index contributed by atoms with van der Waals surface area (Å²) in [6, 6.07) is 14.6. The van der Waals surface area contributed by atoms with Crippen LogP contribution in [-0.2, 0) is 14.9 Å². The molecule has 0 aromatic heterocycles. The van der Waals surface area contributed by atoms with E-state index in [1.807, 2.05) is 13.8 Å². The van der Waals surface area contributed by atoms with E-state index >= 15 is 0 Å². The van der Waals surface area contributed by atoms with Gasteiger partial charge in [-0.15, -0.1) is 0 Å². The summed E-state index contributed by atoms with van der Waals surface area (Å²) in [5.74, 6) is -0.812. The fourth-order valence-corrected chi connectivity index (χ4v) is 2.80. The lowest BCUT2D eigenvalue weighted by atomic mass is 10.1. The molecule has 0 heterocycles. The molecule has 0 unspecified atom stereocenters. The van der Waals surface area contributed by atoms with Crippen molar-refractivity contribution < 1.29 is 22.2 Å². The van der Waals surface area contributed by atoms with Gasteiger partial charge in [-0.05, 0) is 56.7 Å². The van der Waals surface area contributed by atoms with Crippen molar-refractivity contribution in [2.75, 3.05) is 5.75 Å². The van der Waals surface area contributed by atoms with E-state index in [2.05, 4.69) is 10.6 Å². The molecule has 0 bridgehead atoms. The zero-order chi connectivity index (χ0) is 21.4. The van der Waals surface area contributed by atoms with Gasteiger partial charge in [-0.25, -0.2) is 0 Å². The van der Waals surface area contributed by atoms with Crippen LogP contribution in [0.3, 0.4) is 0 Å². The fraction of sp³-hybridized carbons (Fsp3) is 0.238. The Balaban J connectivity index is 2.26. The molecule has 0 aliphatic carbocycles. The topological polar surface area (TPSA) is 102 Å². The Morgan fingerprint density at radius 3 is 2.21 bits per heavy atom. The van der Waals surface area contributed by atoms with Crippen molar-refractivity contribution in [3.05, 3.63) is 71.4 Å². The quantitative estimate of drug-likeness (QED) is 0.509. The molecule has 0 saturated carbocycles. The summed E-state index contributed by atoms with van der Waals surface area (Å²) in [6.45, 7) is 5.12. The molecule has 154 valence electrons. The predicted molar refractivity (Wildman–Crippen MR) is 112 cm³/mol. The average molecular weight is 416 g/mol. The van der Waals surface area contributed by atoms with Crippen LogP contribution in [0.15, 0.2) is 60.3 Å². The maximum atomic E-state index is 12.5. The molecule has 2 aromatic carbocycles. The Labute approximate surface area is 170 Å². The molecule has 0 aliphatic rings. The third-order valence-corrected chi connectivity index (χ3v) is 4.87. The highest BCUT2D eigenvalue weighted by molar-refractivity contribution is 7.87. The molecule has 2 N–H and O–H groups in total. The van der Waals surface area contributed by atoms with E-state index in [-0.39, 0.29) is 23.2 Å². The number of carbonyl (C=O) groups is 2. The van der Waals surface area contributed by atoms with Gasteiger partial charge in [0.25, 0.3) is 11.8 Å².